The predicted molar refractivity (Wildman–Crippen MR) is 67.5 cm³/mol. The second kappa shape index (κ2) is 5.35. The summed E-state index contributed by atoms with van der Waals surface area (Å²) in [5.41, 5.74) is 0.751. The molecule has 1 amide bonds. The molecule has 0 radical (unpaired) electrons. The third kappa shape index (κ3) is 2.79. The molecule has 96 valence electrons. The van der Waals surface area contributed by atoms with Crippen LogP contribution in [0.3, 0.4) is 0 Å². The zero-order valence-corrected chi connectivity index (χ0v) is 10.4. The smallest absolute Gasteiger partial charge is 0.270 e. The highest BCUT2D eigenvalue weighted by atomic mass is 35.5. The Kier molecular flexibility index (Phi) is 3.81. The third-order valence-electron chi connectivity index (χ3n) is 3.11. The fourth-order valence-corrected chi connectivity index (χ4v) is 2.36. The number of non-ortho nitro benzene ring substituents is 1. The molecule has 1 N–H and O–H groups in total. The standard InChI is InChI=1S/C12H13ClN2O3/c13-11-7-10(15(17)18)4-3-8(11)6-9-2-1-5-14-12(9)16/h3-4,7,9H,1-2,5-6H2,(H,14,16). The molecule has 0 aromatic heterocycles. The minimum Gasteiger partial charge on any atom is -0.356 e. The van der Waals surface area contributed by atoms with E-state index in [2.05, 4.69) is 5.32 Å². The number of nitro groups is 1. The highest BCUT2D eigenvalue weighted by Crippen LogP contribution is 2.26. The molecular formula is C12H13ClN2O3. The van der Waals surface area contributed by atoms with Crippen molar-refractivity contribution < 1.29 is 9.72 Å². The van der Waals surface area contributed by atoms with Crippen LogP contribution in [-0.2, 0) is 11.2 Å². The Labute approximate surface area is 109 Å². The van der Waals surface area contributed by atoms with Gasteiger partial charge in [-0.25, -0.2) is 0 Å². The van der Waals surface area contributed by atoms with Gasteiger partial charge in [-0.1, -0.05) is 17.7 Å². The van der Waals surface area contributed by atoms with E-state index >= 15 is 0 Å². The van der Waals surface area contributed by atoms with Gasteiger partial charge in [0.25, 0.3) is 5.69 Å². The summed E-state index contributed by atoms with van der Waals surface area (Å²) in [4.78, 5) is 21.7. The maximum atomic E-state index is 11.6. The molecule has 0 spiro atoms. The molecule has 0 saturated carbocycles. The Hall–Kier alpha value is -1.62. The zero-order chi connectivity index (χ0) is 13.1. The zero-order valence-electron chi connectivity index (χ0n) is 9.69. The van der Waals surface area contributed by atoms with Crippen LogP contribution in [-0.4, -0.2) is 17.4 Å². The van der Waals surface area contributed by atoms with Crippen LogP contribution in [0.25, 0.3) is 0 Å². The number of rotatable bonds is 3. The molecule has 1 fully saturated rings. The van der Waals surface area contributed by atoms with Gasteiger partial charge in [-0.15, -0.1) is 0 Å². The minimum atomic E-state index is -0.483. The number of nitrogens with one attached hydrogen (secondary N) is 1. The summed E-state index contributed by atoms with van der Waals surface area (Å²) in [6.45, 7) is 0.726. The summed E-state index contributed by atoms with van der Waals surface area (Å²) in [5.74, 6) is -0.0478. The van der Waals surface area contributed by atoms with Gasteiger partial charge in [0.15, 0.2) is 0 Å². The van der Waals surface area contributed by atoms with Gasteiger partial charge in [-0.05, 0) is 24.8 Å². The van der Waals surface area contributed by atoms with Gasteiger partial charge in [0.1, 0.15) is 0 Å². The molecule has 0 bridgehead atoms. The molecule has 1 aliphatic heterocycles. The molecule has 1 aromatic carbocycles. The van der Waals surface area contributed by atoms with Gasteiger partial charge in [-0.2, -0.15) is 0 Å². The number of carbonyl (C=O) groups is 1. The molecule has 1 unspecified atom stereocenters. The molecular weight excluding hydrogens is 256 g/mol. The Morgan fingerprint density at radius 3 is 2.89 bits per heavy atom. The fourth-order valence-electron chi connectivity index (χ4n) is 2.11. The van der Waals surface area contributed by atoms with Crippen LogP contribution in [0.4, 0.5) is 5.69 Å². The molecule has 1 heterocycles. The first kappa shape index (κ1) is 12.8. The lowest BCUT2D eigenvalue weighted by molar-refractivity contribution is -0.384. The number of nitro benzene ring substituents is 1. The number of hydrogen-bond donors (Lipinski definition) is 1. The van der Waals surface area contributed by atoms with E-state index in [0.717, 1.165) is 24.9 Å². The molecule has 1 atom stereocenters. The van der Waals surface area contributed by atoms with E-state index < -0.39 is 4.92 Å². The van der Waals surface area contributed by atoms with Crippen molar-refractivity contribution in [2.75, 3.05) is 6.54 Å². The summed E-state index contributed by atoms with van der Waals surface area (Å²) in [5, 5.41) is 13.8. The quantitative estimate of drug-likeness (QED) is 0.675. The van der Waals surface area contributed by atoms with Crippen molar-refractivity contribution in [1.29, 1.82) is 0 Å². The number of halogens is 1. The van der Waals surface area contributed by atoms with E-state index in [1.54, 1.807) is 6.07 Å². The van der Waals surface area contributed by atoms with Crippen LogP contribution >= 0.6 is 11.6 Å². The number of amides is 1. The van der Waals surface area contributed by atoms with Crippen LogP contribution in [0, 0.1) is 16.0 Å². The van der Waals surface area contributed by atoms with Crippen LogP contribution < -0.4 is 5.32 Å². The van der Waals surface area contributed by atoms with Crippen molar-refractivity contribution in [2.45, 2.75) is 19.3 Å². The third-order valence-corrected chi connectivity index (χ3v) is 3.47. The van der Waals surface area contributed by atoms with Gasteiger partial charge in [0.2, 0.25) is 5.91 Å². The largest absolute Gasteiger partial charge is 0.356 e. The van der Waals surface area contributed by atoms with E-state index in [4.69, 9.17) is 11.6 Å². The lowest BCUT2D eigenvalue weighted by atomic mass is 9.91. The lowest BCUT2D eigenvalue weighted by Gasteiger charge is -2.22. The van der Waals surface area contributed by atoms with E-state index in [-0.39, 0.29) is 17.5 Å². The topological polar surface area (TPSA) is 72.2 Å². The van der Waals surface area contributed by atoms with Gasteiger partial charge >= 0.3 is 0 Å². The molecule has 18 heavy (non-hydrogen) atoms. The van der Waals surface area contributed by atoms with E-state index in [0.29, 0.717) is 11.4 Å². The Bertz CT molecular complexity index is 490. The summed E-state index contributed by atoms with van der Waals surface area (Å²) >= 11 is 6.00. The predicted octanol–water partition coefficient (Wildman–Crippen LogP) is 2.32. The fraction of sp³-hybridized carbons (Fsp3) is 0.417. The number of benzene rings is 1. The van der Waals surface area contributed by atoms with Crippen molar-refractivity contribution in [3.05, 3.63) is 38.9 Å². The average Bonchev–Trinajstić information content (AvgIpc) is 2.34. The summed E-state index contributed by atoms with van der Waals surface area (Å²) in [7, 11) is 0. The highest BCUT2D eigenvalue weighted by molar-refractivity contribution is 6.31. The monoisotopic (exact) mass is 268 g/mol. The molecule has 1 aromatic rings. The van der Waals surface area contributed by atoms with Gasteiger partial charge in [0.05, 0.1) is 9.95 Å². The molecule has 1 aliphatic rings. The molecule has 6 heteroatoms. The summed E-state index contributed by atoms with van der Waals surface area (Å²) < 4.78 is 0. The van der Waals surface area contributed by atoms with Crippen molar-refractivity contribution in [3.8, 4) is 0 Å². The first-order valence-electron chi connectivity index (χ1n) is 5.78. The van der Waals surface area contributed by atoms with Crippen LogP contribution in [0.2, 0.25) is 5.02 Å². The number of hydrogen-bond acceptors (Lipinski definition) is 3. The Morgan fingerprint density at radius 1 is 1.50 bits per heavy atom. The van der Waals surface area contributed by atoms with Crippen LogP contribution in [0.1, 0.15) is 18.4 Å². The van der Waals surface area contributed by atoms with Crippen molar-refractivity contribution in [2.24, 2.45) is 5.92 Å². The van der Waals surface area contributed by atoms with Gasteiger partial charge < -0.3 is 5.32 Å². The normalized spacial score (nSPS) is 19.4. The number of piperidine rings is 1. The Balaban J connectivity index is 2.14. The average molecular weight is 269 g/mol. The highest BCUT2D eigenvalue weighted by Gasteiger charge is 2.23. The second-order valence-electron chi connectivity index (χ2n) is 4.37. The number of nitrogens with zero attached hydrogens (tertiary/aromatic N) is 1. The van der Waals surface area contributed by atoms with Gasteiger partial charge in [-0.3, -0.25) is 14.9 Å². The molecule has 5 nitrogen and oxygen atoms in total. The maximum Gasteiger partial charge on any atom is 0.270 e. The summed E-state index contributed by atoms with van der Waals surface area (Å²) in [6, 6.07) is 4.38. The van der Waals surface area contributed by atoms with Crippen molar-refractivity contribution in [3.63, 3.8) is 0 Å². The van der Waals surface area contributed by atoms with E-state index in [1.807, 2.05) is 0 Å². The first-order valence-corrected chi connectivity index (χ1v) is 6.16. The lowest BCUT2D eigenvalue weighted by Crippen LogP contribution is -2.37. The molecule has 1 saturated heterocycles. The SMILES string of the molecule is O=C1NCCCC1Cc1ccc([N+](=O)[O-])cc1Cl. The second-order valence-corrected chi connectivity index (χ2v) is 4.77. The van der Waals surface area contributed by atoms with Gasteiger partial charge in [0, 0.05) is 24.6 Å². The molecule has 0 aliphatic carbocycles. The van der Waals surface area contributed by atoms with Crippen molar-refractivity contribution >= 4 is 23.2 Å². The van der Waals surface area contributed by atoms with Crippen molar-refractivity contribution in [1.82, 2.24) is 5.32 Å². The summed E-state index contributed by atoms with van der Waals surface area (Å²) in [6.07, 6.45) is 2.32. The first-order chi connectivity index (χ1) is 8.58. The van der Waals surface area contributed by atoms with Crippen LogP contribution in [0.15, 0.2) is 18.2 Å². The minimum absolute atomic E-state index is 0.0307. The van der Waals surface area contributed by atoms with E-state index in [9.17, 15) is 14.9 Å². The molecule has 2 rings (SSSR count). The number of carbonyl (C=O) groups excluding carboxylic acids is 1. The Morgan fingerprint density at radius 2 is 2.28 bits per heavy atom. The maximum absolute atomic E-state index is 11.6. The van der Waals surface area contributed by atoms with E-state index in [1.165, 1.54) is 12.1 Å². The van der Waals surface area contributed by atoms with Crippen LogP contribution in [0.5, 0.6) is 0 Å².